The van der Waals surface area contributed by atoms with Crippen LogP contribution in [-0.2, 0) is 16.6 Å². The highest BCUT2D eigenvalue weighted by atomic mass is 32.2. The Kier molecular flexibility index (Phi) is 4.38. The fourth-order valence-corrected chi connectivity index (χ4v) is 4.56. The van der Waals surface area contributed by atoms with Crippen molar-refractivity contribution in [2.24, 2.45) is 0 Å². The van der Waals surface area contributed by atoms with Crippen molar-refractivity contribution in [3.63, 3.8) is 0 Å². The van der Waals surface area contributed by atoms with Crippen LogP contribution >= 0.6 is 0 Å². The van der Waals surface area contributed by atoms with Crippen LogP contribution in [-0.4, -0.2) is 23.7 Å². The Morgan fingerprint density at radius 2 is 1.83 bits per heavy atom. The molecule has 3 rings (SSSR count). The lowest BCUT2D eigenvalue weighted by Gasteiger charge is -2.23. The van der Waals surface area contributed by atoms with Gasteiger partial charge in [-0.05, 0) is 30.9 Å². The number of non-ortho nitro benzene ring substituents is 1. The summed E-state index contributed by atoms with van der Waals surface area (Å²) >= 11 is 0. The van der Waals surface area contributed by atoms with Crippen molar-refractivity contribution in [3.8, 4) is 0 Å². The van der Waals surface area contributed by atoms with E-state index in [1.165, 1.54) is 16.4 Å². The third-order valence-electron chi connectivity index (χ3n) is 4.10. The predicted octanol–water partition coefficient (Wildman–Crippen LogP) is 3.26. The zero-order valence-corrected chi connectivity index (χ0v) is 14.1. The summed E-state index contributed by atoms with van der Waals surface area (Å²) in [6.45, 7) is 1.93. The van der Waals surface area contributed by atoms with Crippen LogP contribution in [0.4, 0.5) is 5.69 Å². The Balaban J connectivity index is 2.01. The quantitative estimate of drug-likeness (QED) is 0.594. The first kappa shape index (κ1) is 16.6. The van der Waals surface area contributed by atoms with E-state index < -0.39 is 14.9 Å². The van der Waals surface area contributed by atoms with Crippen LogP contribution < -0.4 is 0 Å². The SMILES string of the molecule is Cc1ccc([N+](=O)[O-])cc1S(=O)(=O)N(Cc1ccccc1)C1CC1. The minimum Gasteiger partial charge on any atom is -0.258 e. The van der Waals surface area contributed by atoms with Crippen LogP contribution in [0, 0.1) is 17.0 Å². The average molecular weight is 346 g/mol. The summed E-state index contributed by atoms with van der Waals surface area (Å²) in [6, 6.07) is 13.3. The molecule has 0 amide bonds. The van der Waals surface area contributed by atoms with E-state index in [-0.39, 0.29) is 23.2 Å². The van der Waals surface area contributed by atoms with Crippen molar-refractivity contribution in [2.75, 3.05) is 0 Å². The van der Waals surface area contributed by atoms with Gasteiger partial charge in [-0.25, -0.2) is 8.42 Å². The minimum atomic E-state index is -3.79. The highest BCUT2D eigenvalue weighted by Gasteiger charge is 2.39. The molecule has 1 aliphatic rings. The molecule has 0 unspecified atom stereocenters. The Labute approximate surface area is 140 Å². The maximum Gasteiger partial charge on any atom is 0.270 e. The summed E-state index contributed by atoms with van der Waals surface area (Å²) in [7, 11) is -3.79. The monoisotopic (exact) mass is 346 g/mol. The largest absolute Gasteiger partial charge is 0.270 e. The zero-order valence-electron chi connectivity index (χ0n) is 13.3. The lowest BCUT2D eigenvalue weighted by molar-refractivity contribution is -0.385. The molecule has 6 nitrogen and oxygen atoms in total. The molecular weight excluding hydrogens is 328 g/mol. The molecule has 1 aliphatic carbocycles. The topological polar surface area (TPSA) is 80.5 Å². The van der Waals surface area contributed by atoms with E-state index in [9.17, 15) is 18.5 Å². The van der Waals surface area contributed by atoms with Crippen molar-refractivity contribution in [2.45, 2.75) is 37.2 Å². The second-order valence-corrected chi connectivity index (χ2v) is 7.83. The first-order valence-corrected chi connectivity index (χ1v) is 9.14. The van der Waals surface area contributed by atoms with Gasteiger partial charge in [-0.2, -0.15) is 4.31 Å². The molecule has 2 aromatic rings. The molecule has 0 bridgehead atoms. The maximum absolute atomic E-state index is 13.1. The molecule has 1 saturated carbocycles. The van der Waals surface area contributed by atoms with Crippen molar-refractivity contribution in [3.05, 3.63) is 69.8 Å². The number of rotatable bonds is 6. The zero-order chi connectivity index (χ0) is 17.3. The molecule has 0 aromatic heterocycles. The van der Waals surface area contributed by atoms with Gasteiger partial charge in [-0.3, -0.25) is 10.1 Å². The van der Waals surface area contributed by atoms with Crippen LogP contribution in [0.3, 0.4) is 0 Å². The summed E-state index contributed by atoms with van der Waals surface area (Å²) in [6.07, 6.45) is 1.64. The third kappa shape index (κ3) is 3.32. The van der Waals surface area contributed by atoms with Gasteiger partial charge >= 0.3 is 0 Å². The molecule has 0 heterocycles. The van der Waals surface area contributed by atoms with Gasteiger partial charge in [0.05, 0.1) is 9.82 Å². The fraction of sp³-hybridized carbons (Fsp3) is 0.294. The Morgan fingerprint density at radius 3 is 2.42 bits per heavy atom. The number of aryl methyl sites for hydroxylation is 1. The van der Waals surface area contributed by atoms with Crippen molar-refractivity contribution in [1.82, 2.24) is 4.31 Å². The second kappa shape index (κ2) is 6.33. The van der Waals surface area contributed by atoms with E-state index in [1.807, 2.05) is 30.3 Å². The van der Waals surface area contributed by atoms with Crippen LogP contribution in [0.5, 0.6) is 0 Å². The van der Waals surface area contributed by atoms with E-state index in [1.54, 1.807) is 6.92 Å². The van der Waals surface area contributed by atoms with E-state index in [4.69, 9.17) is 0 Å². The fourth-order valence-electron chi connectivity index (χ4n) is 2.64. The molecule has 7 heteroatoms. The van der Waals surface area contributed by atoms with E-state index in [0.717, 1.165) is 24.5 Å². The molecule has 0 spiro atoms. The van der Waals surface area contributed by atoms with Crippen molar-refractivity contribution in [1.29, 1.82) is 0 Å². The summed E-state index contributed by atoms with van der Waals surface area (Å²) in [5.41, 5.74) is 1.20. The summed E-state index contributed by atoms with van der Waals surface area (Å²) in [5, 5.41) is 11.0. The van der Waals surface area contributed by atoms with Crippen LogP contribution in [0.25, 0.3) is 0 Å². The maximum atomic E-state index is 13.1. The van der Waals surface area contributed by atoms with Gasteiger partial charge < -0.3 is 0 Å². The molecular formula is C17H18N2O4S. The Hall–Kier alpha value is -2.25. The van der Waals surface area contributed by atoms with Crippen molar-refractivity contribution < 1.29 is 13.3 Å². The lowest BCUT2D eigenvalue weighted by atomic mass is 10.2. The van der Waals surface area contributed by atoms with E-state index in [0.29, 0.717) is 5.56 Å². The number of nitrogens with zero attached hydrogens (tertiary/aromatic N) is 2. The van der Waals surface area contributed by atoms with Gasteiger partial charge in [0.1, 0.15) is 0 Å². The number of hydrogen-bond donors (Lipinski definition) is 0. The first-order chi connectivity index (χ1) is 11.4. The Morgan fingerprint density at radius 1 is 1.17 bits per heavy atom. The first-order valence-electron chi connectivity index (χ1n) is 7.70. The van der Waals surface area contributed by atoms with Gasteiger partial charge in [0.15, 0.2) is 0 Å². The normalized spacial score (nSPS) is 14.8. The van der Waals surface area contributed by atoms with Gasteiger partial charge in [0.25, 0.3) is 5.69 Å². The number of sulfonamides is 1. The van der Waals surface area contributed by atoms with E-state index >= 15 is 0 Å². The van der Waals surface area contributed by atoms with Gasteiger partial charge in [0.2, 0.25) is 10.0 Å². The number of benzene rings is 2. The molecule has 0 atom stereocenters. The molecule has 0 radical (unpaired) electrons. The van der Waals surface area contributed by atoms with Crippen LogP contribution in [0.1, 0.15) is 24.0 Å². The molecule has 24 heavy (non-hydrogen) atoms. The highest BCUT2D eigenvalue weighted by Crippen LogP contribution is 2.35. The molecule has 126 valence electrons. The number of nitro groups is 1. The molecule has 1 fully saturated rings. The van der Waals surface area contributed by atoms with Crippen LogP contribution in [0.2, 0.25) is 0 Å². The number of hydrogen-bond acceptors (Lipinski definition) is 4. The standard InChI is InChI=1S/C17H18N2O4S/c1-13-7-8-16(19(20)21)11-17(13)24(22,23)18(15-9-10-15)12-14-5-3-2-4-6-14/h2-8,11,15H,9-10,12H2,1H3. The summed E-state index contributed by atoms with van der Waals surface area (Å²) in [4.78, 5) is 10.4. The predicted molar refractivity (Wildman–Crippen MR) is 90.0 cm³/mol. The number of nitro benzene ring substituents is 1. The van der Waals surface area contributed by atoms with Crippen molar-refractivity contribution >= 4 is 15.7 Å². The second-order valence-electron chi connectivity index (χ2n) is 5.97. The molecule has 0 saturated heterocycles. The molecule has 0 N–H and O–H groups in total. The third-order valence-corrected chi connectivity index (χ3v) is 6.14. The summed E-state index contributed by atoms with van der Waals surface area (Å²) in [5.74, 6) is 0. The smallest absolute Gasteiger partial charge is 0.258 e. The average Bonchev–Trinajstić information content (AvgIpc) is 3.38. The molecule has 2 aromatic carbocycles. The van der Waals surface area contributed by atoms with Gasteiger partial charge in [-0.15, -0.1) is 0 Å². The highest BCUT2D eigenvalue weighted by molar-refractivity contribution is 7.89. The lowest BCUT2D eigenvalue weighted by Crippen LogP contribution is -2.33. The minimum absolute atomic E-state index is 0.0135. The molecule has 0 aliphatic heterocycles. The van der Waals surface area contributed by atoms with E-state index in [2.05, 4.69) is 0 Å². The van der Waals surface area contributed by atoms with Gasteiger partial charge in [0, 0.05) is 24.7 Å². The van der Waals surface area contributed by atoms with Gasteiger partial charge in [-0.1, -0.05) is 36.4 Å². The Bertz CT molecular complexity index is 861. The van der Waals surface area contributed by atoms with Crippen LogP contribution in [0.15, 0.2) is 53.4 Å². The summed E-state index contributed by atoms with van der Waals surface area (Å²) < 4.78 is 27.7.